The van der Waals surface area contributed by atoms with Crippen LogP contribution in [-0.4, -0.2) is 47.7 Å². The summed E-state index contributed by atoms with van der Waals surface area (Å²) in [5.74, 6) is -0.231. The minimum absolute atomic E-state index is 0.0210. The first-order chi connectivity index (χ1) is 10.4. The Morgan fingerprint density at radius 3 is 2.86 bits per heavy atom. The van der Waals surface area contributed by atoms with Crippen molar-refractivity contribution in [1.82, 2.24) is 4.90 Å². The molecule has 1 unspecified atom stereocenters. The van der Waals surface area contributed by atoms with Gasteiger partial charge in [0, 0.05) is 25.1 Å². The van der Waals surface area contributed by atoms with Crippen LogP contribution in [-0.2, 0) is 20.9 Å². The molecule has 1 saturated heterocycles. The van der Waals surface area contributed by atoms with Gasteiger partial charge in [0.25, 0.3) is 0 Å². The average Bonchev–Trinajstić information content (AvgIpc) is 2.50. The monoisotopic (exact) mass is 307 g/mol. The molecule has 0 aliphatic carbocycles. The van der Waals surface area contributed by atoms with Gasteiger partial charge >= 0.3 is 5.97 Å². The lowest BCUT2D eigenvalue weighted by Crippen LogP contribution is -2.52. The average molecular weight is 307 g/mol. The van der Waals surface area contributed by atoms with E-state index in [9.17, 15) is 9.59 Å². The van der Waals surface area contributed by atoms with Crippen LogP contribution in [0.5, 0.6) is 5.75 Å². The smallest absolute Gasteiger partial charge is 0.303 e. The summed E-state index contributed by atoms with van der Waals surface area (Å²) in [6.45, 7) is 2.62. The van der Waals surface area contributed by atoms with Crippen LogP contribution in [0.3, 0.4) is 0 Å². The number of hydrogen-bond acceptors (Lipinski definition) is 4. The number of carboxylic acid groups (broad SMARTS) is 1. The van der Waals surface area contributed by atoms with Crippen LogP contribution in [0.2, 0.25) is 0 Å². The largest absolute Gasteiger partial charge is 0.496 e. The third-order valence-electron chi connectivity index (χ3n) is 3.84. The molecule has 0 bridgehead atoms. The van der Waals surface area contributed by atoms with Gasteiger partial charge in [-0.15, -0.1) is 0 Å². The highest BCUT2D eigenvalue weighted by molar-refractivity contribution is 5.78. The second-order valence-electron chi connectivity index (χ2n) is 5.69. The second-order valence-corrected chi connectivity index (χ2v) is 5.69. The number of rotatable bonds is 6. The molecule has 0 aromatic heterocycles. The fourth-order valence-electron chi connectivity index (χ4n) is 2.57. The first-order valence-electron chi connectivity index (χ1n) is 7.19. The van der Waals surface area contributed by atoms with Gasteiger partial charge in [-0.25, -0.2) is 0 Å². The van der Waals surface area contributed by atoms with Crippen molar-refractivity contribution in [2.24, 2.45) is 0 Å². The van der Waals surface area contributed by atoms with Gasteiger partial charge in [0.1, 0.15) is 12.4 Å². The molecule has 1 heterocycles. The van der Waals surface area contributed by atoms with E-state index in [1.165, 1.54) is 0 Å². The van der Waals surface area contributed by atoms with Crippen LogP contribution in [0, 0.1) is 0 Å². The number of carbonyl (C=O) groups is 2. The molecule has 1 aliphatic rings. The molecule has 1 aromatic carbocycles. The first kappa shape index (κ1) is 16.3. The maximum Gasteiger partial charge on any atom is 0.303 e. The van der Waals surface area contributed by atoms with Gasteiger partial charge < -0.3 is 19.5 Å². The molecule has 0 saturated carbocycles. The minimum atomic E-state index is -0.863. The maximum absolute atomic E-state index is 12.1. The zero-order valence-corrected chi connectivity index (χ0v) is 12.9. The Balaban J connectivity index is 2.08. The van der Waals surface area contributed by atoms with Crippen molar-refractivity contribution in [2.75, 3.05) is 20.3 Å². The highest BCUT2D eigenvalue weighted by atomic mass is 16.5. The summed E-state index contributed by atoms with van der Waals surface area (Å²) in [6.07, 6.45) is 0.394. The molecule has 1 aromatic rings. The lowest BCUT2D eigenvalue weighted by Gasteiger charge is -2.40. The van der Waals surface area contributed by atoms with Gasteiger partial charge in [-0.05, 0) is 19.4 Å². The summed E-state index contributed by atoms with van der Waals surface area (Å²) < 4.78 is 10.9. The summed E-state index contributed by atoms with van der Waals surface area (Å²) >= 11 is 0. The number of para-hydroxylation sites is 1. The number of morpholine rings is 1. The normalized spacial score (nSPS) is 21.7. The summed E-state index contributed by atoms with van der Waals surface area (Å²) in [5.41, 5.74) is 0.287. The Kier molecular flexibility index (Phi) is 5.03. The van der Waals surface area contributed by atoms with E-state index in [0.29, 0.717) is 19.5 Å². The number of amides is 1. The number of benzene rings is 1. The van der Waals surface area contributed by atoms with Crippen LogP contribution in [0.1, 0.15) is 25.3 Å². The molecule has 1 amide bonds. The topological polar surface area (TPSA) is 76.1 Å². The molecule has 0 spiro atoms. The zero-order chi connectivity index (χ0) is 16.2. The van der Waals surface area contributed by atoms with Crippen molar-refractivity contribution >= 4 is 11.9 Å². The van der Waals surface area contributed by atoms with Gasteiger partial charge in [0.15, 0.2) is 0 Å². The molecule has 120 valence electrons. The minimum Gasteiger partial charge on any atom is -0.496 e. The Labute approximate surface area is 129 Å². The number of carbonyl (C=O) groups excluding carboxylic acids is 1. The Hall–Kier alpha value is -2.08. The SMILES string of the molecule is COc1ccccc1CN1CC(C)(CCC(=O)O)OCC1=O. The number of ether oxygens (including phenoxy) is 2. The molecular formula is C16H21NO5. The third-order valence-corrected chi connectivity index (χ3v) is 3.84. The van der Waals surface area contributed by atoms with Crippen LogP contribution in [0.25, 0.3) is 0 Å². The lowest BCUT2D eigenvalue weighted by atomic mass is 9.97. The molecule has 6 nitrogen and oxygen atoms in total. The summed E-state index contributed by atoms with van der Waals surface area (Å²) in [4.78, 5) is 24.5. The fourth-order valence-corrected chi connectivity index (χ4v) is 2.57. The van der Waals surface area contributed by atoms with Crippen molar-refractivity contribution in [3.63, 3.8) is 0 Å². The van der Waals surface area contributed by atoms with Gasteiger partial charge in [-0.1, -0.05) is 18.2 Å². The van der Waals surface area contributed by atoms with Crippen LogP contribution >= 0.6 is 0 Å². The molecule has 1 atom stereocenters. The Bertz CT molecular complexity index is 559. The van der Waals surface area contributed by atoms with E-state index < -0.39 is 11.6 Å². The van der Waals surface area contributed by atoms with E-state index in [0.717, 1.165) is 11.3 Å². The predicted molar refractivity (Wildman–Crippen MR) is 79.6 cm³/mol. The van der Waals surface area contributed by atoms with Crippen LogP contribution in [0.4, 0.5) is 0 Å². The van der Waals surface area contributed by atoms with E-state index in [-0.39, 0.29) is 18.9 Å². The summed E-state index contributed by atoms with van der Waals surface area (Å²) in [5, 5.41) is 8.83. The number of methoxy groups -OCH3 is 1. The van der Waals surface area contributed by atoms with Crippen molar-refractivity contribution < 1.29 is 24.2 Å². The van der Waals surface area contributed by atoms with Gasteiger partial charge in [-0.3, -0.25) is 9.59 Å². The molecular weight excluding hydrogens is 286 g/mol. The van der Waals surface area contributed by atoms with Crippen LogP contribution in [0.15, 0.2) is 24.3 Å². The highest BCUT2D eigenvalue weighted by Crippen LogP contribution is 2.27. The molecule has 1 N–H and O–H groups in total. The van der Waals surface area contributed by atoms with E-state index in [1.54, 1.807) is 12.0 Å². The van der Waals surface area contributed by atoms with Gasteiger partial charge in [-0.2, -0.15) is 0 Å². The van der Waals surface area contributed by atoms with E-state index in [4.69, 9.17) is 14.6 Å². The molecule has 2 rings (SSSR count). The van der Waals surface area contributed by atoms with Crippen LogP contribution < -0.4 is 4.74 Å². The van der Waals surface area contributed by atoms with E-state index >= 15 is 0 Å². The standard InChI is InChI=1S/C16H21NO5/c1-16(8-7-15(19)20)11-17(14(18)10-22-16)9-12-5-3-4-6-13(12)21-2/h3-6H,7-11H2,1-2H3,(H,19,20). The number of carboxylic acids is 1. The predicted octanol–water partition coefficient (Wildman–Crippen LogP) is 1.68. The number of nitrogens with zero attached hydrogens (tertiary/aromatic N) is 1. The van der Waals surface area contributed by atoms with Crippen molar-refractivity contribution in [3.05, 3.63) is 29.8 Å². The summed E-state index contributed by atoms with van der Waals surface area (Å²) in [6, 6.07) is 7.53. The lowest BCUT2D eigenvalue weighted by molar-refractivity contribution is -0.164. The number of hydrogen-bond donors (Lipinski definition) is 1. The highest BCUT2D eigenvalue weighted by Gasteiger charge is 2.36. The van der Waals surface area contributed by atoms with E-state index in [2.05, 4.69) is 0 Å². The van der Waals surface area contributed by atoms with Crippen molar-refractivity contribution in [1.29, 1.82) is 0 Å². The molecule has 22 heavy (non-hydrogen) atoms. The van der Waals surface area contributed by atoms with Crippen molar-refractivity contribution in [2.45, 2.75) is 31.9 Å². The number of aliphatic carboxylic acids is 1. The molecule has 6 heteroatoms. The molecule has 1 aliphatic heterocycles. The Morgan fingerprint density at radius 2 is 2.18 bits per heavy atom. The molecule has 1 fully saturated rings. The second kappa shape index (κ2) is 6.79. The van der Waals surface area contributed by atoms with E-state index in [1.807, 2.05) is 31.2 Å². The van der Waals surface area contributed by atoms with Crippen molar-refractivity contribution in [3.8, 4) is 5.75 Å². The van der Waals surface area contributed by atoms with Gasteiger partial charge in [0.05, 0.1) is 12.7 Å². The van der Waals surface area contributed by atoms with Gasteiger partial charge in [0.2, 0.25) is 5.91 Å². The molecule has 0 radical (unpaired) electrons. The zero-order valence-electron chi connectivity index (χ0n) is 12.9. The fraction of sp³-hybridized carbons (Fsp3) is 0.500. The maximum atomic E-state index is 12.1. The summed E-state index contributed by atoms with van der Waals surface area (Å²) in [7, 11) is 1.59. The quantitative estimate of drug-likeness (QED) is 0.865. The third kappa shape index (κ3) is 3.98. The Morgan fingerprint density at radius 1 is 1.45 bits per heavy atom. The first-order valence-corrected chi connectivity index (χ1v) is 7.19.